The van der Waals surface area contributed by atoms with Crippen molar-refractivity contribution in [3.05, 3.63) is 44.8 Å². The summed E-state index contributed by atoms with van der Waals surface area (Å²) in [5, 5.41) is 6.52. The van der Waals surface area contributed by atoms with Gasteiger partial charge >= 0.3 is 0 Å². The van der Waals surface area contributed by atoms with E-state index in [1.807, 2.05) is 31.2 Å². The smallest absolute Gasteiger partial charge is 0.0898 e. The van der Waals surface area contributed by atoms with Gasteiger partial charge in [-0.3, -0.25) is 0 Å². The van der Waals surface area contributed by atoms with Crippen molar-refractivity contribution in [2.75, 3.05) is 5.32 Å². The fourth-order valence-corrected chi connectivity index (χ4v) is 2.13. The minimum Gasteiger partial charge on any atom is -0.379 e. The Labute approximate surface area is 101 Å². The van der Waals surface area contributed by atoms with E-state index in [-0.39, 0.29) is 0 Å². The highest BCUT2D eigenvalue weighted by Gasteiger charge is 1.97. The second kappa shape index (κ2) is 4.77. The zero-order valence-electron chi connectivity index (χ0n) is 8.33. The molecule has 0 amide bonds. The first kappa shape index (κ1) is 10.6. The van der Waals surface area contributed by atoms with E-state index in [0.29, 0.717) is 0 Å². The number of anilines is 1. The number of aryl methyl sites for hydroxylation is 1. The van der Waals surface area contributed by atoms with Crippen molar-refractivity contribution < 1.29 is 0 Å². The van der Waals surface area contributed by atoms with Crippen molar-refractivity contribution in [1.82, 2.24) is 4.98 Å². The molecule has 1 aromatic heterocycles. The second-order valence-electron chi connectivity index (χ2n) is 3.22. The van der Waals surface area contributed by atoms with Gasteiger partial charge in [0.05, 0.1) is 17.2 Å². The number of hydrogen-bond acceptors (Lipinski definition) is 3. The van der Waals surface area contributed by atoms with E-state index in [0.717, 1.165) is 27.4 Å². The Hall–Kier alpha value is -0.870. The number of benzene rings is 1. The zero-order valence-corrected chi connectivity index (χ0v) is 10.7. The minimum absolute atomic E-state index is 0.784. The molecule has 0 unspecified atom stereocenters. The fraction of sp³-hybridized carbons (Fsp3) is 0.182. The van der Waals surface area contributed by atoms with Crippen molar-refractivity contribution >= 4 is 33.0 Å². The number of nitrogens with one attached hydrogen (secondary N) is 1. The molecule has 78 valence electrons. The predicted molar refractivity (Wildman–Crippen MR) is 68.3 cm³/mol. The summed E-state index contributed by atoms with van der Waals surface area (Å²) < 4.78 is 1.09. The molecule has 0 saturated carbocycles. The van der Waals surface area contributed by atoms with Gasteiger partial charge in [-0.25, -0.2) is 4.98 Å². The van der Waals surface area contributed by atoms with Gasteiger partial charge in [0.2, 0.25) is 0 Å². The third-order valence-electron chi connectivity index (χ3n) is 1.98. The Morgan fingerprint density at radius 1 is 1.33 bits per heavy atom. The van der Waals surface area contributed by atoms with Crippen LogP contribution >= 0.6 is 27.3 Å². The van der Waals surface area contributed by atoms with Gasteiger partial charge in [-0.1, -0.05) is 15.9 Å². The molecule has 2 aromatic rings. The maximum Gasteiger partial charge on any atom is 0.0898 e. The topological polar surface area (TPSA) is 24.9 Å². The van der Waals surface area contributed by atoms with Crippen LogP contribution < -0.4 is 5.32 Å². The average Bonchev–Trinajstić information content (AvgIpc) is 2.64. The first-order valence-corrected chi connectivity index (χ1v) is 6.32. The van der Waals surface area contributed by atoms with Gasteiger partial charge in [-0.2, -0.15) is 0 Å². The van der Waals surface area contributed by atoms with E-state index >= 15 is 0 Å². The first-order chi connectivity index (χ1) is 7.24. The summed E-state index contributed by atoms with van der Waals surface area (Å²) in [6.07, 6.45) is 0. The van der Waals surface area contributed by atoms with Gasteiger partial charge in [0.15, 0.2) is 0 Å². The van der Waals surface area contributed by atoms with Crippen molar-refractivity contribution in [1.29, 1.82) is 0 Å². The van der Waals surface area contributed by atoms with Crippen LogP contribution in [0.5, 0.6) is 0 Å². The normalized spacial score (nSPS) is 10.3. The van der Waals surface area contributed by atoms with Crippen LogP contribution in [-0.4, -0.2) is 4.98 Å². The molecular formula is C11H11BrN2S. The molecule has 1 heterocycles. The molecule has 0 fully saturated rings. The van der Waals surface area contributed by atoms with Crippen LogP contribution in [0.3, 0.4) is 0 Å². The summed E-state index contributed by atoms with van der Waals surface area (Å²) in [6, 6.07) is 8.13. The standard InChI is InChI=1S/C11H11BrN2S/c1-8-14-11(7-15-8)6-13-10-4-2-9(12)3-5-10/h2-5,7,13H,6H2,1H3. The van der Waals surface area contributed by atoms with Crippen LogP contribution in [0.4, 0.5) is 5.69 Å². The van der Waals surface area contributed by atoms with Gasteiger partial charge in [0, 0.05) is 15.5 Å². The Kier molecular flexibility index (Phi) is 3.38. The molecule has 0 aliphatic rings. The summed E-state index contributed by atoms with van der Waals surface area (Å²) in [7, 11) is 0. The van der Waals surface area contributed by atoms with Crippen LogP contribution in [0.25, 0.3) is 0 Å². The van der Waals surface area contributed by atoms with Gasteiger partial charge in [0.1, 0.15) is 0 Å². The van der Waals surface area contributed by atoms with E-state index in [2.05, 4.69) is 31.6 Å². The number of rotatable bonds is 3. The van der Waals surface area contributed by atoms with E-state index < -0.39 is 0 Å². The molecule has 0 aliphatic carbocycles. The molecule has 1 aromatic carbocycles. The number of hydrogen-bond donors (Lipinski definition) is 1. The lowest BCUT2D eigenvalue weighted by atomic mass is 10.3. The van der Waals surface area contributed by atoms with Crippen LogP contribution in [0.15, 0.2) is 34.1 Å². The molecule has 2 rings (SSSR count). The highest BCUT2D eigenvalue weighted by atomic mass is 79.9. The van der Waals surface area contributed by atoms with Crippen LogP contribution in [0.2, 0.25) is 0 Å². The van der Waals surface area contributed by atoms with E-state index in [9.17, 15) is 0 Å². The summed E-state index contributed by atoms with van der Waals surface area (Å²) in [5.41, 5.74) is 2.21. The highest BCUT2D eigenvalue weighted by Crippen LogP contribution is 2.15. The summed E-state index contributed by atoms with van der Waals surface area (Å²) in [5.74, 6) is 0. The maximum absolute atomic E-state index is 4.39. The number of aromatic nitrogens is 1. The lowest BCUT2D eigenvalue weighted by Crippen LogP contribution is -1.99. The summed E-state index contributed by atoms with van der Waals surface area (Å²) in [4.78, 5) is 4.39. The molecule has 0 spiro atoms. The van der Waals surface area contributed by atoms with E-state index in [4.69, 9.17) is 0 Å². The molecule has 0 radical (unpaired) electrons. The van der Waals surface area contributed by atoms with E-state index in [1.165, 1.54) is 0 Å². The van der Waals surface area contributed by atoms with Crippen molar-refractivity contribution in [3.8, 4) is 0 Å². The quantitative estimate of drug-likeness (QED) is 0.926. The van der Waals surface area contributed by atoms with Crippen molar-refractivity contribution in [3.63, 3.8) is 0 Å². The molecule has 0 saturated heterocycles. The molecule has 15 heavy (non-hydrogen) atoms. The molecule has 4 heteroatoms. The van der Waals surface area contributed by atoms with Gasteiger partial charge in [0.25, 0.3) is 0 Å². The second-order valence-corrected chi connectivity index (χ2v) is 5.20. The molecule has 0 aliphatic heterocycles. The number of nitrogens with zero attached hydrogens (tertiary/aromatic N) is 1. The lowest BCUT2D eigenvalue weighted by molar-refractivity contribution is 1.05. The van der Waals surface area contributed by atoms with Crippen LogP contribution in [0.1, 0.15) is 10.7 Å². The fourth-order valence-electron chi connectivity index (χ4n) is 1.25. The van der Waals surface area contributed by atoms with Gasteiger partial charge in [-0.15, -0.1) is 11.3 Å². The van der Waals surface area contributed by atoms with Crippen LogP contribution in [0, 0.1) is 6.92 Å². The molecule has 0 atom stereocenters. The molecule has 1 N–H and O–H groups in total. The van der Waals surface area contributed by atoms with Gasteiger partial charge in [-0.05, 0) is 31.2 Å². The lowest BCUT2D eigenvalue weighted by Gasteiger charge is -2.03. The maximum atomic E-state index is 4.39. The number of thiazole rings is 1. The third kappa shape index (κ3) is 3.04. The molecular weight excluding hydrogens is 272 g/mol. The Bertz CT molecular complexity index is 436. The Morgan fingerprint density at radius 3 is 2.67 bits per heavy atom. The Balaban J connectivity index is 1.96. The summed E-state index contributed by atoms with van der Waals surface area (Å²) >= 11 is 5.09. The van der Waals surface area contributed by atoms with E-state index in [1.54, 1.807) is 11.3 Å². The van der Waals surface area contributed by atoms with Crippen molar-refractivity contribution in [2.24, 2.45) is 0 Å². The first-order valence-electron chi connectivity index (χ1n) is 4.64. The predicted octanol–water partition coefficient (Wildman–Crippen LogP) is 3.83. The molecule has 2 nitrogen and oxygen atoms in total. The number of halogens is 1. The largest absolute Gasteiger partial charge is 0.379 e. The monoisotopic (exact) mass is 282 g/mol. The average molecular weight is 283 g/mol. The Morgan fingerprint density at radius 2 is 2.07 bits per heavy atom. The van der Waals surface area contributed by atoms with Crippen LogP contribution in [-0.2, 0) is 6.54 Å². The zero-order chi connectivity index (χ0) is 10.7. The summed E-state index contributed by atoms with van der Waals surface area (Å²) in [6.45, 7) is 2.81. The minimum atomic E-state index is 0.784. The SMILES string of the molecule is Cc1nc(CNc2ccc(Br)cc2)cs1. The third-order valence-corrected chi connectivity index (χ3v) is 3.34. The van der Waals surface area contributed by atoms with Gasteiger partial charge < -0.3 is 5.32 Å². The molecule has 0 bridgehead atoms. The van der Waals surface area contributed by atoms with Crippen molar-refractivity contribution in [2.45, 2.75) is 13.5 Å². The highest BCUT2D eigenvalue weighted by molar-refractivity contribution is 9.10.